The summed E-state index contributed by atoms with van der Waals surface area (Å²) in [6, 6.07) is 9.70. The predicted octanol–water partition coefficient (Wildman–Crippen LogP) is 2.74. The van der Waals surface area contributed by atoms with E-state index in [4.69, 9.17) is 20.1 Å². The molecule has 1 saturated heterocycles. The monoisotopic (exact) mass is 668 g/mol. The van der Waals surface area contributed by atoms with Crippen molar-refractivity contribution >= 4 is 59.3 Å². The number of pyridine rings is 1. The number of carbonyl (C=O) groups is 4. The number of fused-ring (bicyclic) bond motifs is 3. The van der Waals surface area contributed by atoms with Crippen molar-refractivity contribution < 1.29 is 48.0 Å². The molecule has 248 valence electrons. The summed E-state index contributed by atoms with van der Waals surface area (Å²) in [6.07, 6.45) is 1.64. The number of phosphoric ester groups is 1. The SMILES string of the molecule is CCCCc1nc2c(N)nc3cc(CNC(=O)CCC(=O)ON4C(=O)CCC4=O)ccc3c2n1Cc1cccc(O)c1OP(=O)(O)O. The van der Waals surface area contributed by atoms with Gasteiger partial charge in [0.25, 0.3) is 11.8 Å². The van der Waals surface area contributed by atoms with E-state index in [1.165, 1.54) is 12.1 Å². The number of imide groups is 1. The van der Waals surface area contributed by atoms with Crippen molar-refractivity contribution in [1.29, 1.82) is 0 Å². The lowest BCUT2D eigenvalue weighted by Crippen LogP contribution is -2.32. The van der Waals surface area contributed by atoms with E-state index in [1.54, 1.807) is 24.3 Å². The van der Waals surface area contributed by atoms with Crippen LogP contribution >= 0.6 is 7.82 Å². The summed E-state index contributed by atoms with van der Waals surface area (Å²) in [5.74, 6) is -2.51. The zero-order chi connectivity index (χ0) is 33.9. The van der Waals surface area contributed by atoms with Crippen molar-refractivity contribution in [2.45, 2.75) is 65.0 Å². The molecular formula is C30H33N6O10P. The number of hydrogen-bond acceptors (Lipinski definition) is 11. The number of para-hydroxylation sites is 1. The number of unbranched alkanes of at least 4 members (excludes halogenated alkanes) is 1. The van der Waals surface area contributed by atoms with Crippen LogP contribution in [0.4, 0.5) is 5.82 Å². The molecule has 3 heterocycles. The first-order chi connectivity index (χ1) is 22.3. The molecule has 47 heavy (non-hydrogen) atoms. The number of phenols is 1. The number of amides is 3. The summed E-state index contributed by atoms with van der Waals surface area (Å²) in [6.45, 7) is 2.17. The molecule has 16 nitrogen and oxygen atoms in total. The molecule has 6 N–H and O–H groups in total. The van der Waals surface area contributed by atoms with Crippen LogP contribution in [0.25, 0.3) is 21.9 Å². The second-order valence-corrected chi connectivity index (χ2v) is 12.1. The van der Waals surface area contributed by atoms with Crippen molar-refractivity contribution in [3.63, 3.8) is 0 Å². The number of hydroxylamine groups is 2. The van der Waals surface area contributed by atoms with Crippen LogP contribution < -0.4 is 15.6 Å². The van der Waals surface area contributed by atoms with Gasteiger partial charge in [0.05, 0.1) is 24.0 Å². The molecule has 0 unspecified atom stereocenters. The molecule has 17 heteroatoms. The number of nitrogens with one attached hydrogen (secondary N) is 1. The second-order valence-electron chi connectivity index (χ2n) is 10.9. The number of nitrogens with two attached hydrogens (primary N) is 1. The fourth-order valence-corrected chi connectivity index (χ4v) is 5.66. The summed E-state index contributed by atoms with van der Waals surface area (Å²) in [5.41, 5.74) is 8.90. The molecule has 2 aromatic heterocycles. The highest BCUT2D eigenvalue weighted by atomic mass is 31.2. The van der Waals surface area contributed by atoms with E-state index in [1.807, 2.05) is 11.5 Å². The van der Waals surface area contributed by atoms with Crippen molar-refractivity contribution in [3.8, 4) is 11.5 Å². The van der Waals surface area contributed by atoms with E-state index in [-0.39, 0.29) is 50.3 Å². The van der Waals surface area contributed by atoms with Gasteiger partial charge >= 0.3 is 13.8 Å². The van der Waals surface area contributed by atoms with Gasteiger partial charge in [-0.2, -0.15) is 0 Å². The zero-order valence-corrected chi connectivity index (χ0v) is 26.2. The van der Waals surface area contributed by atoms with Crippen molar-refractivity contribution in [2.75, 3.05) is 5.73 Å². The summed E-state index contributed by atoms with van der Waals surface area (Å²) >= 11 is 0. The highest BCUT2D eigenvalue weighted by Crippen LogP contribution is 2.44. The summed E-state index contributed by atoms with van der Waals surface area (Å²) in [5, 5.41) is 14.2. The smallest absolute Gasteiger partial charge is 0.504 e. The van der Waals surface area contributed by atoms with Crippen molar-refractivity contribution in [2.24, 2.45) is 0 Å². The fraction of sp³-hybridized carbons (Fsp3) is 0.333. The number of phenolic OH excluding ortho intramolecular Hbond substituents is 1. The van der Waals surface area contributed by atoms with E-state index in [2.05, 4.69) is 10.3 Å². The molecule has 0 saturated carbocycles. The Kier molecular flexibility index (Phi) is 9.75. The van der Waals surface area contributed by atoms with Gasteiger partial charge in [-0.1, -0.05) is 37.6 Å². The van der Waals surface area contributed by atoms with Crippen molar-refractivity contribution in [1.82, 2.24) is 24.9 Å². The minimum atomic E-state index is -4.99. The van der Waals surface area contributed by atoms with Crippen LogP contribution in [-0.4, -0.2) is 58.2 Å². The fourth-order valence-electron chi connectivity index (χ4n) is 5.21. The number of rotatable bonds is 13. The van der Waals surface area contributed by atoms with Crippen LogP contribution in [0.5, 0.6) is 11.5 Å². The van der Waals surface area contributed by atoms with Gasteiger partial charge in [0.2, 0.25) is 5.91 Å². The third-order valence-corrected chi connectivity index (χ3v) is 7.88. The van der Waals surface area contributed by atoms with E-state index in [0.717, 1.165) is 12.8 Å². The average Bonchev–Trinajstić information content (AvgIpc) is 3.54. The van der Waals surface area contributed by atoms with Crippen molar-refractivity contribution in [3.05, 3.63) is 53.3 Å². The largest absolute Gasteiger partial charge is 0.524 e. The van der Waals surface area contributed by atoms with Crippen LogP contribution in [0.15, 0.2) is 36.4 Å². The summed E-state index contributed by atoms with van der Waals surface area (Å²) in [4.78, 5) is 80.7. The molecule has 5 rings (SSSR count). The number of phosphoric acid groups is 1. The zero-order valence-electron chi connectivity index (χ0n) is 25.3. The maximum absolute atomic E-state index is 12.4. The van der Waals surface area contributed by atoms with Crippen LogP contribution in [0.2, 0.25) is 0 Å². The molecule has 0 bridgehead atoms. The Morgan fingerprint density at radius 1 is 1.09 bits per heavy atom. The Balaban J connectivity index is 1.38. The third kappa shape index (κ3) is 7.68. The van der Waals surface area contributed by atoms with Gasteiger partial charge < -0.3 is 30.1 Å². The van der Waals surface area contributed by atoms with E-state index in [9.17, 15) is 38.6 Å². The summed E-state index contributed by atoms with van der Waals surface area (Å²) < 4.78 is 18.4. The Morgan fingerprint density at radius 2 is 1.83 bits per heavy atom. The number of nitrogen functional groups attached to an aromatic ring is 1. The Bertz CT molecular complexity index is 1920. The first kappa shape index (κ1) is 33.3. The highest BCUT2D eigenvalue weighted by molar-refractivity contribution is 7.46. The lowest BCUT2D eigenvalue weighted by Gasteiger charge is -2.16. The molecule has 0 spiro atoms. The number of hydrogen-bond donors (Lipinski definition) is 5. The minimum absolute atomic E-state index is 0.0282. The number of benzene rings is 2. The molecule has 1 aliphatic rings. The average molecular weight is 669 g/mol. The summed E-state index contributed by atoms with van der Waals surface area (Å²) in [7, 11) is -4.99. The number of anilines is 1. The number of aromatic nitrogens is 3. The van der Waals surface area contributed by atoms with E-state index < -0.39 is 37.3 Å². The van der Waals surface area contributed by atoms with Gasteiger partial charge in [-0.25, -0.2) is 19.3 Å². The lowest BCUT2D eigenvalue weighted by atomic mass is 10.1. The van der Waals surface area contributed by atoms with Gasteiger partial charge in [0.15, 0.2) is 17.3 Å². The van der Waals surface area contributed by atoms with Crippen LogP contribution in [0.3, 0.4) is 0 Å². The lowest BCUT2D eigenvalue weighted by molar-refractivity contribution is -0.197. The highest BCUT2D eigenvalue weighted by Gasteiger charge is 2.33. The Hall–Kier alpha value is -5.05. The quantitative estimate of drug-likeness (QED) is 0.102. The van der Waals surface area contributed by atoms with Gasteiger partial charge in [0.1, 0.15) is 11.3 Å². The molecule has 4 aromatic rings. The normalized spacial score (nSPS) is 13.5. The molecule has 0 atom stereocenters. The number of aryl methyl sites for hydroxylation is 1. The topological polar surface area (TPSA) is 236 Å². The van der Waals surface area contributed by atoms with Gasteiger partial charge in [0, 0.05) is 43.2 Å². The van der Waals surface area contributed by atoms with E-state index in [0.29, 0.717) is 50.4 Å². The minimum Gasteiger partial charge on any atom is -0.504 e. The predicted molar refractivity (Wildman–Crippen MR) is 166 cm³/mol. The molecule has 2 aromatic carbocycles. The Labute approximate surface area is 267 Å². The first-order valence-corrected chi connectivity index (χ1v) is 16.3. The number of nitrogens with zero attached hydrogens (tertiary/aromatic N) is 4. The first-order valence-electron chi connectivity index (χ1n) is 14.8. The molecular weight excluding hydrogens is 635 g/mol. The maximum atomic E-state index is 12.4. The molecule has 1 aliphatic heterocycles. The van der Waals surface area contributed by atoms with Crippen LogP contribution in [0.1, 0.15) is 62.4 Å². The number of carbonyl (C=O) groups excluding carboxylic acids is 4. The van der Waals surface area contributed by atoms with Gasteiger partial charge in [-0.05, 0) is 24.1 Å². The second kappa shape index (κ2) is 13.7. The van der Waals surface area contributed by atoms with E-state index >= 15 is 0 Å². The third-order valence-electron chi connectivity index (χ3n) is 7.46. The molecule has 0 radical (unpaired) electrons. The molecule has 3 amide bonds. The maximum Gasteiger partial charge on any atom is 0.524 e. The van der Waals surface area contributed by atoms with Crippen LogP contribution in [-0.2, 0) is 48.1 Å². The molecule has 1 fully saturated rings. The van der Waals surface area contributed by atoms with Gasteiger partial charge in [-0.15, -0.1) is 5.06 Å². The molecule has 0 aliphatic carbocycles. The van der Waals surface area contributed by atoms with Gasteiger partial charge in [-0.3, -0.25) is 24.2 Å². The number of aromatic hydroxyl groups is 1. The Morgan fingerprint density at radius 3 is 2.53 bits per heavy atom. The standard InChI is InChI=1S/C30H33N6O10P/c1-2-3-7-22-34-27-28(35(22)16-18-5-4-6-21(37)29(18)46-47(42,43)44)19-9-8-17(14-20(19)33-30(27)31)15-32-23(38)10-13-26(41)45-36-24(39)11-12-25(36)40/h4-6,8-9,14,37H,2-3,7,10-13,15-16H2,1H3,(H2,31,33)(H,32,38)(H2,42,43,44). The van der Waals surface area contributed by atoms with Crippen LogP contribution in [0, 0.1) is 0 Å². The number of imidazole rings is 1.